The van der Waals surface area contributed by atoms with Crippen LogP contribution in [0.2, 0.25) is 5.02 Å². The number of hydrogen-bond donors (Lipinski definition) is 1. The molecule has 30 heavy (non-hydrogen) atoms. The Balaban J connectivity index is 2.48. The lowest BCUT2D eigenvalue weighted by molar-refractivity contribution is -0.385. The summed E-state index contributed by atoms with van der Waals surface area (Å²) in [5.74, 6) is -1.06. The van der Waals surface area contributed by atoms with Crippen molar-refractivity contribution in [2.75, 3.05) is 20.8 Å². The molecule has 0 bridgehead atoms. The molecule has 1 N–H and O–H groups in total. The number of benzene rings is 2. The fourth-order valence-electron chi connectivity index (χ4n) is 2.79. The van der Waals surface area contributed by atoms with Gasteiger partial charge < -0.3 is 19.5 Å². The number of nitro benzene ring substituents is 1. The highest BCUT2D eigenvalue weighted by Gasteiger charge is 2.28. The van der Waals surface area contributed by atoms with E-state index in [4.69, 9.17) is 25.8 Å². The van der Waals surface area contributed by atoms with E-state index in [0.29, 0.717) is 10.6 Å². The Morgan fingerprint density at radius 3 is 2.47 bits per heavy atom. The molecule has 9 nitrogen and oxygen atoms in total. The van der Waals surface area contributed by atoms with Crippen molar-refractivity contribution in [2.24, 2.45) is 0 Å². The smallest absolute Gasteiger partial charge is 0.307 e. The van der Waals surface area contributed by atoms with E-state index in [0.717, 1.165) is 6.07 Å². The van der Waals surface area contributed by atoms with Gasteiger partial charge in [0, 0.05) is 11.1 Å². The lowest BCUT2D eigenvalue weighted by atomic mass is 10.0. The average Bonchev–Trinajstić information content (AvgIpc) is 2.73. The Labute approximate surface area is 178 Å². The minimum Gasteiger partial charge on any atom is -0.493 e. The lowest BCUT2D eigenvalue weighted by Crippen LogP contribution is -2.31. The maximum absolute atomic E-state index is 13.0. The van der Waals surface area contributed by atoms with Gasteiger partial charge in [0.15, 0.2) is 11.5 Å². The molecule has 0 saturated carbocycles. The van der Waals surface area contributed by atoms with E-state index in [1.54, 1.807) is 31.2 Å². The Bertz CT molecular complexity index is 949. The Hall–Kier alpha value is -3.33. The van der Waals surface area contributed by atoms with Crippen LogP contribution in [0.5, 0.6) is 11.5 Å². The highest BCUT2D eigenvalue weighted by Crippen LogP contribution is 2.35. The van der Waals surface area contributed by atoms with Crippen molar-refractivity contribution in [3.05, 3.63) is 62.7 Å². The molecule has 0 aliphatic rings. The van der Waals surface area contributed by atoms with Gasteiger partial charge in [0.05, 0.1) is 44.3 Å². The first-order valence-electron chi connectivity index (χ1n) is 8.93. The second-order valence-electron chi connectivity index (χ2n) is 6.04. The molecule has 10 heteroatoms. The molecule has 2 rings (SSSR count). The number of nitrogens with zero attached hydrogens (tertiary/aromatic N) is 1. The van der Waals surface area contributed by atoms with Crippen molar-refractivity contribution in [3.63, 3.8) is 0 Å². The molecule has 0 aromatic heterocycles. The van der Waals surface area contributed by atoms with E-state index >= 15 is 0 Å². The van der Waals surface area contributed by atoms with Crippen molar-refractivity contribution >= 4 is 29.2 Å². The third-order valence-electron chi connectivity index (χ3n) is 4.21. The number of nitrogens with one attached hydrogen (secondary N) is 1. The second kappa shape index (κ2) is 10.4. The largest absolute Gasteiger partial charge is 0.493 e. The summed E-state index contributed by atoms with van der Waals surface area (Å²) in [6, 6.07) is 8.13. The summed E-state index contributed by atoms with van der Waals surface area (Å²) in [6.07, 6.45) is -0.214. The van der Waals surface area contributed by atoms with E-state index in [-0.39, 0.29) is 30.1 Å². The Morgan fingerprint density at radius 1 is 1.20 bits per heavy atom. The molecule has 0 heterocycles. The average molecular weight is 437 g/mol. The van der Waals surface area contributed by atoms with Gasteiger partial charge in [-0.3, -0.25) is 19.7 Å². The van der Waals surface area contributed by atoms with Crippen molar-refractivity contribution in [2.45, 2.75) is 19.4 Å². The summed E-state index contributed by atoms with van der Waals surface area (Å²) in [7, 11) is 2.56. The minimum absolute atomic E-state index is 0.123. The highest BCUT2D eigenvalue weighted by atomic mass is 35.5. The van der Waals surface area contributed by atoms with Crippen LogP contribution in [0.1, 0.15) is 35.3 Å². The number of hydrogen-bond acceptors (Lipinski definition) is 7. The van der Waals surface area contributed by atoms with E-state index in [1.165, 1.54) is 20.3 Å². The Kier molecular flexibility index (Phi) is 7.99. The quantitative estimate of drug-likeness (QED) is 0.362. The first kappa shape index (κ1) is 23.0. The number of carbonyl (C=O) groups is 2. The summed E-state index contributed by atoms with van der Waals surface area (Å²) in [6.45, 7) is 1.99. The van der Waals surface area contributed by atoms with Crippen LogP contribution in [-0.2, 0) is 9.53 Å². The molecule has 2 aromatic carbocycles. The molecular formula is C20H21ClN2O7. The molecule has 1 amide bonds. The van der Waals surface area contributed by atoms with Crippen LogP contribution >= 0.6 is 11.6 Å². The number of carbonyl (C=O) groups excluding carboxylic acids is 2. The summed E-state index contributed by atoms with van der Waals surface area (Å²) in [4.78, 5) is 35.7. The molecule has 0 fully saturated rings. The van der Waals surface area contributed by atoms with Crippen molar-refractivity contribution in [1.29, 1.82) is 0 Å². The van der Waals surface area contributed by atoms with Crippen molar-refractivity contribution < 1.29 is 28.7 Å². The third kappa shape index (κ3) is 5.38. The molecule has 1 atom stereocenters. The van der Waals surface area contributed by atoms with Gasteiger partial charge in [-0.1, -0.05) is 29.8 Å². The number of methoxy groups -OCH3 is 2. The van der Waals surface area contributed by atoms with Crippen LogP contribution in [0, 0.1) is 10.1 Å². The van der Waals surface area contributed by atoms with Crippen molar-refractivity contribution in [1.82, 2.24) is 5.32 Å². The van der Waals surface area contributed by atoms with Gasteiger partial charge in [-0.15, -0.1) is 0 Å². The number of esters is 1. The zero-order valence-corrected chi connectivity index (χ0v) is 17.4. The SMILES string of the molecule is CCOc1cc(C(=O)NC(CC(=O)OC)c2ccccc2Cl)c([N+](=O)[O-])cc1OC. The maximum Gasteiger partial charge on any atom is 0.307 e. The third-order valence-corrected chi connectivity index (χ3v) is 4.55. The van der Waals surface area contributed by atoms with Gasteiger partial charge in [0.1, 0.15) is 5.56 Å². The van der Waals surface area contributed by atoms with Crippen LogP contribution in [-0.4, -0.2) is 37.6 Å². The van der Waals surface area contributed by atoms with Gasteiger partial charge in [-0.2, -0.15) is 0 Å². The lowest BCUT2D eigenvalue weighted by Gasteiger charge is -2.20. The predicted molar refractivity (Wildman–Crippen MR) is 109 cm³/mol. The summed E-state index contributed by atoms with van der Waals surface area (Å²) >= 11 is 6.21. The van der Waals surface area contributed by atoms with Crippen LogP contribution < -0.4 is 14.8 Å². The highest BCUT2D eigenvalue weighted by molar-refractivity contribution is 6.31. The minimum atomic E-state index is -0.865. The first-order valence-corrected chi connectivity index (χ1v) is 9.31. The van der Waals surface area contributed by atoms with Gasteiger partial charge in [0.2, 0.25) is 0 Å². The molecular weight excluding hydrogens is 416 g/mol. The molecule has 160 valence electrons. The standard InChI is InChI=1S/C20H21ClN2O7/c1-4-30-18-9-13(16(23(26)27)11-17(18)28-2)20(25)22-15(10-19(24)29-3)12-7-5-6-8-14(12)21/h5-9,11,15H,4,10H2,1-3H3,(H,22,25). The first-order chi connectivity index (χ1) is 14.3. The number of ether oxygens (including phenoxy) is 3. The monoisotopic (exact) mass is 436 g/mol. The zero-order chi connectivity index (χ0) is 22.3. The summed E-state index contributed by atoms with van der Waals surface area (Å²) < 4.78 is 15.2. The topological polar surface area (TPSA) is 117 Å². The van der Waals surface area contributed by atoms with Crippen LogP contribution in [0.4, 0.5) is 5.69 Å². The predicted octanol–water partition coefficient (Wildman–Crippen LogP) is 3.69. The van der Waals surface area contributed by atoms with Gasteiger partial charge in [-0.05, 0) is 18.6 Å². The molecule has 0 aliphatic carbocycles. The normalized spacial score (nSPS) is 11.3. The Morgan fingerprint density at radius 2 is 1.90 bits per heavy atom. The number of amides is 1. The molecule has 0 aliphatic heterocycles. The maximum atomic E-state index is 13.0. The van der Waals surface area contributed by atoms with Crippen LogP contribution in [0.3, 0.4) is 0 Å². The van der Waals surface area contributed by atoms with E-state index in [1.807, 2.05) is 0 Å². The van der Waals surface area contributed by atoms with Gasteiger partial charge >= 0.3 is 5.97 Å². The van der Waals surface area contributed by atoms with Gasteiger partial charge in [-0.25, -0.2) is 0 Å². The summed E-state index contributed by atoms with van der Waals surface area (Å²) in [5.41, 5.74) is -0.242. The van der Waals surface area contributed by atoms with Crippen LogP contribution in [0.15, 0.2) is 36.4 Å². The second-order valence-corrected chi connectivity index (χ2v) is 6.45. The van der Waals surface area contributed by atoms with E-state index < -0.39 is 28.5 Å². The van der Waals surface area contributed by atoms with E-state index in [2.05, 4.69) is 5.32 Å². The van der Waals surface area contributed by atoms with Crippen LogP contribution in [0.25, 0.3) is 0 Å². The molecule has 2 aromatic rings. The van der Waals surface area contributed by atoms with Crippen molar-refractivity contribution in [3.8, 4) is 11.5 Å². The number of nitro groups is 1. The fraction of sp³-hybridized carbons (Fsp3) is 0.300. The molecule has 0 spiro atoms. The number of rotatable bonds is 9. The van der Waals surface area contributed by atoms with Gasteiger partial charge in [0.25, 0.3) is 11.6 Å². The molecule has 1 unspecified atom stereocenters. The zero-order valence-electron chi connectivity index (χ0n) is 16.6. The molecule has 0 radical (unpaired) electrons. The fourth-order valence-corrected chi connectivity index (χ4v) is 3.06. The molecule has 0 saturated heterocycles. The number of halogens is 1. The van der Waals surface area contributed by atoms with E-state index in [9.17, 15) is 19.7 Å². The summed E-state index contributed by atoms with van der Waals surface area (Å²) in [5, 5.41) is 14.5.